The van der Waals surface area contributed by atoms with Crippen molar-refractivity contribution in [2.24, 2.45) is 5.41 Å². The molecule has 2 aromatic carbocycles. The number of hydrogen-bond donors (Lipinski definition) is 2. The van der Waals surface area contributed by atoms with E-state index in [1.807, 2.05) is 49.4 Å². The number of urea groups is 1. The van der Waals surface area contributed by atoms with Gasteiger partial charge < -0.3 is 20.3 Å². The monoisotopic (exact) mass is 540 g/mol. The predicted octanol–water partition coefficient (Wildman–Crippen LogP) is 4.05. The Bertz CT molecular complexity index is 1140. The highest BCUT2D eigenvalue weighted by molar-refractivity contribution is 6.07. The molecular weight excluding hydrogens is 504 g/mol. The first kappa shape index (κ1) is 27.9. The molecule has 2 N–H and O–H groups in total. The number of ether oxygens (including phenoxy) is 1. The van der Waals surface area contributed by atoms with Gasteiger partial charge in [0.2, 0.25) is 5.91 Å². The van der Waals surface area contributed by atoms with Crippen LogP contribution in [0.1, 0.15) is 56.2 Å². The summed E-state index contributed by atoms with van der Waals surface area (Å²) in [5.74, 6) is 0.732. The van der Waals surface area contributed by atoms with Crippen molar-refractivity contribution in [3.05, 3.63) is 65.7 Å². The molecule has 1 aliphatic carbocycles. The zero-order valence-electron chi connectivity index (χ0n) is 22.1. The van der Waals surface area contributed by atoms with Crippen LogP contribution >= 0.6 is 12.4 Å². The van der Waals surface area contributed by atoms with Crippen molar-refractivity contribution in [3.8, 4) is 5.75 Å². The number of carbonyl (C=O) groups is 3. The third-order valence-electron chi connectivity index (χ3n) is 8.24. The highest BCUT2D eigenvalue weighted by Crippen LogP contribution is 2.45. The van der Waals surface area contributed by atoms with Gasteiger partial charge in [0.25, 0.3) is 5.91 Å². The van der Waals surface area contributed by atoms with Gasteiger partial charge in [0.05, 0.1) is 19.7 Å². The molecule has 0 radical (unpaired) electrons. The van der Waals surface area contributed by atoms with E-state index in [0.717, 1.165) is 55.8 Å². The topological polar surface area (TPSA) is 91.0 Å². The maximum atomic E-state index is 13.4. The second kappa shape index (κ2) is 11.3. The Kier molecular flexibility index (Phi) is 8.33. The van der Waals surface area contributed by atoms with Gasteiger partial charge in [0.15, 0.2) is 0 Å². The first-order chi connectivity index (χ1) is 17.8. The van der Waals surface area contributed by atoms with Gasteiger partial charge in [-0.1, -0.05) is 49.4 Å². The molecule has 1 saturated carbocycles. The maximum absolute atomic E-state index is 13.4. The quantitative estimate of drug-likeness (QED) is 0.468. The van der Waals surface area contributed by atoms with Gasteiger partial charge in [0, 0.05) is 25.0 Å². The van der Waals surface area contributed by atoms with Crippen LogP contribution in [0.3, 0.4) is 0 Å². The lowest BCUT2D eigenvalue weighted by molar-refractivity contribution is -0.133. The molecule has 2 aromatic rings. The number of benzene rings is 2. The first-order valence-electron chi connectivity index (χ1n) is 13.2. The van der Waals surface area contributed by atoms with Gasteiger partial charge >= 0.3 is 6.03 Å². The molecule has 0 bridgehead atoms. The summed E-state index contributed by atoms with van der Waals surface area (Å²) in [7, 11) is 1.61. The molecular formula is C29H37ClN4O4. The van der Waals surface area contributed by atoms with Crippen LogP contribution in [0.2, 0.25) is 0 Å². The second-order valence-corrected chi connectivity index (χ2v) is 10.9. The fraction of sp³-hybridized carbons (Fsp3) is 0.483. The molecule has 0 unspecified atom stereocenters. The molecule has 2 saturated heterocycles. The Labute approximate surface area is 230 Å². The number of imide groups is 1. The Morgan fingerprint density at radius 3 is 2.29 bits per heavy atom. The van der Waals surface area contributed by atoms with Crippen LogP contribution in [-0.4, -0.2) is 59.9 Å². The normalized spacial score (nSPS) is 20.4. The Morgan fingerprint density at radius 1 is 1.03 bits per heavy atom. The van der Waals surface area contributed by atoms with E-state index in [1.165, 1.54) is 4.90 Å². The number of piperidine rings is 1. The Balaban J connectivity index is 0.00000336. The van der Waals surface area contributed by atoms with Gasteiger partial charge in [0.1, 0.15) is 11.3 Å². The molecule has 38 heavy (non-hydrogen) atoms. The highest BCUT2D eigenvalue weighted by Gasteiger charge is 2.52. The minimum absolute atomic E-state index is 0. The molecule has 8 nitrogen and oxygen atoms in total. The molecule has 5 rings (SSSR count). The standard InChI is InChI=1S/C29H36N4O4.ClH/c1-28(13-14-28)25(34)30-24(22-6-4-3-5-7-22)12-17-32-18-15-29(16-19-32)26(35)33(27(36)31-29)20-21-8-10-23(37-2)11-9-21;/h3-11,24H,12-20H2,1-2H3,(H,30,34)(H,31,36);1H/t24-;/m0./s1. The van der Waals surface area contributed by atoms with Crippen molar-refractivity contribution in [1.29, 1.82) is 0 Å². The fourth-order valence-electron chi connectivity index (χ4n) is 5.30. The molecule has 3 fully saturated rings. The third-order valence-corrected chi connectivity index (χ3v) is 8.24. The summed E-state index contributed by atoms with van der Waals surface area (Å²) in [5.41, 5.74) is 0.950. The summed E-state index contributed by atoms with van der Waals surface area (Å²) in [6.07, 6.45) is 3.85. The van der Waals surface area contributed by atoms with E-state index < -0.39 is 5.54 Å². The Morgan fingerprint density at radius 2 is 1.68 bits per heavy atom. The molecule has 2 heterocycles. The Hall–Kier alpha value is -3.10. The zero-order valence-corrected chi connectivity index (χ0v) is 22.9. The van der Waals surface area contributed by atoms with Crippen molar-refractivity contribution in [2.45, 2.75) is 57.2 Å². The largest absolute Gasteiger partial charge is 0.497 e. The van der Waals surface area contributed by atoms with Crippen LogP contribution < -0.4 is 15.4 Å². The SMILES string of the molecule is COc1ccc(CN2C(=O)NC3(CCN(CC[C@H](NC(=O)C4(C)CC4)c4ccccc4)CC3)C2=O)cc1.Cl. The van der Waals surface area contributed by atoms with Crippen LogP contribution in [0.4, 0.5) is 4.79 Å². The number of amides is 4. The van der Waals surface area contributed by atoms with Crippen molar-refractivity contribution in [1.82, 2.24) is 20.4 Å². The van der Waals surface area contributed by atoms with E-state index >= 15 is 0 Å². The minimum atomic E-state index is -0.826. The smallest absolute Gasteiger partial charge is 0.325 e. The number of nitrogens with one attached hydrogen (secondary N) is 2. The molecule has 3 aliphatic rings. The molecule has 4 amide bonds. The van der Waals surface area contributed by atoms with Crippen molar-refractivity contribution in [3.63, 3.8) is 0 Å². The lowest BCUT2D eigenvalue weighted by Gasteiger charge is -2.38. The summed E-state index contributed by atoms with van der Waals surface area (Å²) in [5, 5.41) is 6.28. The van der Waals surface area contributed by atoms with Crippen molar-refractivity contribution in [2.75, 3.05) is 26.7 Å². The number of methoxy groups -OCH3 is 1. The van der Waals surface area contributed by atoms with Crippen LogP contribution in [0.25, 0.3) is 0 Å². The number of likely N-dealkylation sites (tertiary alicyclic amines) is 1. The molecule has 1 atom stereocenters. The van der Waals surface area contributed by atoms with Crippen molar-refractivity contribution >= 4 is 30.3 Å². The number of rotatable bonds is 9. The van der Waals surface area contributed by atoms with Crippen LogP contribution in [-0.2, 0) is 16.1 Å². The molecule has 2 aliphatic heterocycles. The van der Waals surface area contributed by atoms with E-state index in [9.17, 15) is 14.4 Å². The summed E-state index contributed by atoms with van der Waals surface area (Å²) >= 11 is 0. The maximum Gasteiger partial charge on any atom is 0.325 e. The van der Waals surface area contributed by atoms with E-state index in [1.54, 1.807) is 7.11 Å². The van der Waals surface area contributed by atoms with E-state index in [2.05, 4.69) is 27.7 Å². The zero-order chi connectivity index (χ0) is 26.0. The van der Waals surface area contributed by atoms with Crippen LogP contribution in [0, 0.1) is 5.41 Å². The van der Waals surface area contributed by atoms with E-state index in [-0.39, 0.29) is 48.3 Å². The lowest BCUT2D eigenvalue weighted by atomic mass is 9.87. The molecule has 0 aromatic heterocycles. The summed E-state index contributed by atoms with van der Waals surface area (Å²) in [6, 6.07) is 17.2. The predicted molar refractivity (Wildman–Crippen MR) is 147 cm³/mol. The van der Waals surface area contributed by atoms with Gasteiger partial charge in [-0.25, -0.2) is 4.79 Å². The highest BCUT2D eigenvalue weighted by atomic mass is 35.5. The number of hydrogen-bond acceptors (Lipinski definition) is 5. The fourth-order valence-corrected chi connectivity index (χ4v) is 5.30. The minimum Gasteiger partial charge on any atom is -0.497 e. The number of halogens is 1. The molecule has 1 spiro atoms. The van der Waals surface area contributed by atoms with Gasteiger partial charge in [-0.3, -0.25) is 14.5 Å². The van der Waals surface area contributed by atoms with Gasteiger partial charge in [-0.15, -0.1) is 12.4 Å². The third kappa shape index (κ3) is 5.81. The van der Waals surface area contributed by atoms with E-state index in [0.29, 0.717) is 12.8 Å². The average Bonchev–Trinajstić information content (AvgIpc) is 3.64. The average molecular weight is 541 g/mol. The summed E-state index contributed by atoms with van der Waals surface area (Å²) < 4.78 is 5.19. The number of carbonyl (C=O) groups excluding carboxylic acids is 3. The first-order valence-corrected chi connectivity index (χ1v) is 13.2. The number of nitrogens with zero attached hydrogens (tertiary/aromatic N) is 2. The summed E-state index contributed by atoms with van der Waals surface area (Å²) in [4.78, 5) is 42.5. The van der Waals surface area contributed by atoms with Gasteiger partial charge in [-0.05, 0) is 55.4 Å². The summed E-state index contributed by atoms with van der Waals surface area (Å²) in [6.45, 7) is 4.52. The van der Waals surface area contributed by atoms with Crippen LogP contribution in [0.15, 0.2) is 54.6 Å². The molecule has 204 valence electrons. The van der Waals surface area contributed by atoms with Gasteiger partial charge in [-0.2, -0.15) is 0 Å². The lowest BCUT2D eigenvalue weighted by Crippen LogP contribution is -2.55. The molecule has 9 heteroatoms. The van der Waals surface area contributed by atoms with Crippen LogP contribution in [0.5, 0.6) is 5.75 Å². The second-order valence-electron chi connectivity index (χ2n) is 10.9. The van der Waals surface area contributed by atoms with Crippen molar-refractivity contribution < 1.29 is 19.1 Å². The van der Waals surface area contributed by atoms with E-state index in [4.69, 9.17) is 4.74 Å².